The minimum atomic E-state index is -4.53. The van der Waals surface area contributed by atoms with Gasteiger partial charge in [0.1, 0.15) is 0 Å². The molecule has 114 valence electrons. The molecule has 3 N–H and O–H groups in total. The molecule has 0 radical (unpaired) electrons. The molecule has 1 heterocycles. The van der Waals surface area contributed by atoms with Gasteiger partial charge in [-0.25, -0.2) is 0 Å². The first-order valence-electron chi connectivity index (χ1n) is 6.86. The predicted molar refractivity (Wildman–Crippen MR) is 72.4 cm³/mol. The van der Waals surface area contributed by atoms with Gasteiger partial charge >= 0.3 is 6.18 Å². The summed E-state index contributed by atoms with van der Waals surface area (Å²) in [5.74, 6) is 0.109. The molecule has 1 aromatic rings. The summed E-state index contributed by atoms with van der Waals surface area (Å²) in [5, 5.41) is 11.4. The lowest BCUT2D eigenvalue weighted by Crippen LogP contribution is -2.32. The zero-order chi connectivity index (χ0) is 15.2. The van der Waals surface area contributed by atoms with Gasteiger partial charge in [0.05, 0.1) is 5.56 Å². The van der Waals surface area contributed by atoms with Crippen molar-refractivity contribution in [2.24, 2.45) is 16.8 Å². The second-order valence-corrected chi connectivity index (χ2v) is 5.70. The number of halogens is 3. The van der Waals surface area contributed by atoms with Crippen molar-refractivity contribution in [2.45, 2.75) is 31.5 Å². The van der Waals surface area contributed by atoms with Gasteiger partial charge in [-0.1, -0.05) is 5.16 Å². The Morgan fingerprint density at radius 2 is 2.10 bits per heavy atom. The smallest absolute Gasteiger partial charge is 0.409 e. The highest BCUT2D eigenvalue weighted by Crippen LogP contribution is 2.41. The summed E-state index contributed by atoms with van der Waals surface area (Å²) in [6, 6.07) is 4.25. The number of nitrogens with zero attached hydrogens (tertiary/aromatic N) is 2. The molecular formula is C14H16F3N3O. The van der Waals surface area contributed by atoms with Crippen molar-refractivity contribution < 1.29 is 18.4 Å². The summed E-state index contributed by atoms with van der Waals surface area (Å²) < 4.78 is 39.0. The molecule has 2 aliphatic rings. The molecule has 21 heavy (non-hydrogen) atoms. The van der Waals surface area contributed by atoms with Crippen LogP contribution in [0.4, 0.5) is 18.9 Å². The minimum absolute atomic E-state index is 0.273. The third-order valence-corrected chi connectivity index (χ3v) is 4.43. The number of oxime groups is 1. The van der Waals surface area contributed by atoms with E-state index in [-0.39, 0.29) is 5.56 Å². The number of alkyl halides is 3. The van der Waals surface area contributed by atoms with E-state index in [1.807, 2.05) is 0 Å². The van der Waals surface area contributed by atoms with Gasteiger partial charge in [-0.3, -0.25) is 0 Å². The van der Waals surface area contributed by atoms with Crippen molar-refractivity contribution in [2.75, 3.05) is 11.4 Å². The number of anilines is 1. The van der Waals surface area contributed by atoms with Crippen LogP contribution in [-0.2, 0) is 6.18 Å². The van der Waals surface area contributed by atoms with E-state index in [9.17, 15) is 13.2 Å². The largest absolute Gasteiger partial charge is 0.417 e. The van der Waals surface area contributed by atoms with Gasteiger partial charge < -0.3 is 15.8 Å². The summed E-state index contributed by atoms with van der Waals surface area (Å²) in [7, 11) is 0. The van der Waals surface area contributed by atoms with Gasteiger partial charge in [0, 0.05) is 23.8 Å². The van der Waals surface area contributed by atoms with Crippen LogP contribution in [0.3, 0.4) is 0 Å². The molecule has 2 unspecified atom stereocenters. The molecule has 1 saturated heterocycles. The molecule has 1 saturated carbocycles. The normalized spacial score (nSPS) is 25.7. The van der Waals surface area contributed by atoms with E-state index < -0.39 is 17.6 Å². The number of benzene rings is 1. The van der Waals surface area contributed by atoms with Crippen molar-refractivity contribution in [3.8, 4) is 0 Å². The Morgan fingerprint density at radius 1 is 1.33 bits per heavy atom. The number of nitrogens with two attached hydrogens (primary N) is 1. The lowest BCUT2D eigenvalue weighted by atomic mass is 10.0. The SMILES string of the molecule is N/C(=N/O)c1cc(N2CC3CCC2C3)ccc1C(F)(F)F. The fourth-order valence-electron chi connectivity index (χ4n) is 3.46. The average molecular weight is 299 g/mol. The molecular weight excluding hydrogens is 283 g/mol. The van der Waals surface area contributed by atoms with E-state index in [1.54, 1.807) is 0 Å². The third kappa shape index (κ3) is 2.41. The number of hydrogen-bond donors (Lipinski definition) is 2. The number of rotatable bonds is 2. The summed E-state index contributed by atoms with van der Waals surface area (Å²) >= 11 is 0. The Morgan fingerprint density at radius 3 is 2.62 bits per heavy atom. The van der Waals surface area contributed by atoms with Crippen molar-refractivity contribution in [3.05, 3.63) is 29.3 Å². The van der Waals surface area contributed by atoms with Crippen molar-refractivity contribution in [1.82, 2.24) is 0 Å². The lowest BCUT2D eigenvalue weighted by Gasteiger charge is -2.30. The van der Waals surface area contributed by atoms with E-state index in [2.05, 4.69) is 10.1 Å². The Labute approximate surface area is 120 Å². The van der Waals surface area contributed by atoms with Crippen molar-refractivity contribution >= 4 is 11.5 Å². The van der Waals surface area contributed by atoms with E-state index in [4.69, 9.17) is 10.9 Å². The minimum Gasteiger partial charge on any atom is -0.409 e. The zero-order valence-corrected chi connectivity index (χ0v) is 11.3. The summed E-state index contributed by atoms with van der Waals surface area (Å²) in [5.41, 5.74) is 4.97. The Hall–Kier alpha value is -1.92. The van der Waals surface area contributed by atoms with Crippen LogP contribution in [0.2, 0.25) is 0 Å². The molecule has 3 rings (SSSR count). The monoisotopic (exact) mass is 299 g/mol. The second-order valence-electron chi connectivity index (χ2n) is 5.70. The second kappa shape index (κ2) is 4.82. The number of piperidine rings is 1. The molecule has 2 atom stereocenters. The lowest BCUT2D eigenvalue weighted by molar-refractivity contribution is -0.137. The van der Waals surface area contributed by atoms with Gasteiger partial charge in [0.2, 0.25) is 0 Å². The molecule has 1 aliphatic carbocycles. The van der Waals surface area contributed by atoms with Crippen LogP contribution in [-0.4, -0.2) is 23.6 Å². The molecule has 1 aliphatic heterocycles. The van der Waals surface area contributed by atoms with Crippen molar-refractivity contribution in [3.63, 3.8) is 0 Å². The maximum Gasteiger partial charge on any atom is 0.417 e. The van der Waals surface area contributed by atoms with E-state index in [1.165, 1.54) is 18.6 Å². The molecule has 0 aromatic heterocycles. The highest BCUT2D eigenvalue weighted by molar-refractivity contribution is 5.99. The molecule has 2 fully saturated rings. The molecule has 7 heteroatoms. The van der Waals surface area contributed by atoms with E-state index in [0.29, 0.717) is 17.6 Å². The number of fused-ring (bicyclic) bond motifs is 2. The molecule has 0 spiro atoms. The average Bonchev–Trinajstić information content (AvgIpc) is 3.07. The van der Waals surface area contributed by atoms with Crippen LogP contribution < -0.4 is 10.6 Å². The molecule has 0 amide bonds. The van der Waals surface area contributed by atoms with Crippen LogP contribution >= 0.6 is 0 Å². The zero-order valence-electron chi connectivity index (χ0n) is 11.3. The quantitative estimate of drug-likeness (QED) is 0.382. The summed E-state index contributed by atoms with van der Waals surface area (Å²) in [4.78, 5) is 2.13. The predicted octanol–water partition coefficient (Wildman–Crippen LogP) is 2.79. The fourth-order valence-corrected chi connectivity index (χ4v) is 3.46. The maximum absolute atomic E-state index is 13.0. The highest BCUT2D eigenvalue weighted by atomic mass is 19.4. The van der Waals surface area contributed by atoms with Crippen LogP contribution in [0.15, 0.2) is 23.4 Å². The first-order chi connectivity index (χ1) is 9.90. The topological polar surface area (TPSA) is 61.9 Å². The highest BCUT2D eigenvalue weighted by Gasteiger charge is 2.39. The standard InChI is InChI=1S/C14H16F3N3O/c15-14(16,17)12-4-3-10(6-11(12)13(18)19-21)20-7-8-1-2-9(20)5-8/h3-4,6,8-9,21H,1-2,5,7H2,(H2,18,19). The van der Waals surface area contributed by atoms with E-state index in [0.717, 1.165) is 25.5 Å². The molecule has 4 nitrogen and oxygen atoms in total. The Balaban J connectivity index is 2.01. The van der Waals surface area contributed by atoms with Crippen LogP contribution in [0.1, 0.15) is 30.4 Å². The van der Waals surface area contributed by atoms with Gasteiger partial charge in [0.25, 0.3) is 0 Å². The molecule has 1 aromatic carbocycles. The molecule has 2 bridgehead atoms. The van der Waals surface area contributed by atoms with Crippen LogP contribution in [0, 0.1) is 5.92 Å². The Kier molecular flexibility index (Phi) is 3.22. The van der Waals surface area contributed by atoms with Gasteiger partial charge in [-0.15, -0.1) is 0 Å². The summed E-state index contributed by atoms with van der Waals surface area (Å²) in [6.45, 7) is 0.867. The first-order valence-corrected chi connectivity index (χ1v) is 6.86. The van der Waals surface area contributed by atoms with Gasteiger partial charge in [0.15, 0.2) is 5.84 Å². The first kappa shape index (κ1) is 14.0. The Bertz CT molecular complexity index is 585. The van der Waals surface area contributed by atoms with Crippen LogP contribution in [0.25, 0.3) is 0 Å². The third-order valence-electron chi connectivity index (χ3n) is 4.43. The summed E-state index contributed by atoms with van der Waals surface area (Å²) in [6.07, 6.45) is -1.17. The van der Waals surface area contributed by atoms with Crippen LogP contribution in [0.5, 0.6) is 0 Å². The van der Waals surface area contributed by atoms with Crippen molar-refractivity contribution in [1.29, 1.82) is 0 Å². The number of hydrogen-bond acceptors (Lipinski definition) is 3. The van der Waals surface area contributed by atoms with Gasteiger partial charge in [-0.05, 0) is 43.4 Å². The van der Waals surface area contributed by atoms with E-state index >= 15 is 0 Å². The number of amidine groups is 1. The van der Waals surface area contributed by atoms with Gasteiger partial charge in [-0.2, -0.15) is 13.2 Å². The maximum atomic E-state index is 13.0. The fraction of sp³-hybridized carbons (Fsp3) is 0.500.